The van der Waals surface area contributed by atoms with Crippen LogP contribution in [0, 0.1) is 0 Å². The number of carbonyl (C=O) groups excluding carboxylic acids is 1. The van der Waals surface area contributed by atoms with Crippen LogP contribution in [0.25, 0.3) is 0 Å². The molecule has 3 N–H and O–H groups in total. The van der Waals surface area contributed by atoms with Crippen LogP contribution in [-0.2, 0) is 0 Å². The zero-order valence-electron chi connectivity index (χ0n) is 9.45. The molecule has 8 nitrogen and oxygen atoms in total. The van der Waals surface area contributed by atoms with Crippen LogP contribution in [0.2, 0.25) is 0 Å². The molecular formula is C11H8N4O4. The van der Waals surface area contributed by atoms with Gasteiger partial charge in [0.25, 0.3) is 11.5 Å². The van der Waals surface area contributed by atoms with Gasteiger partial charge in [0.05, 0.1) is 0 Å². The highest BCUT2D eigenvalue weighted by molar-refractivity contribution is 6.02. The molecule has 0 saturated carbocycles. The number of carboxylic acids is 1. The first-order valence-corrected chi connectivity index (χ1v) is 5.14. The van der Waals surface area contributed by atoms with Gasteiger partial charge in [0.2, 0.25) is 0 Å². The largest absolute Gasteiger partial charge is 0.477 e. The predicted octanol–water partition coefficient (Wildman–Crippen LogP) is 0.115. The number of anilines is 1. The van der Waals surface area contributed by atoms with Gasteiger partial charge in [-0.25, -0.2) is 14.9 Å². The maximum Gasteiger partial charge on any atom is 0.354 e. The van der Waals surface area contributed by atoms with Crippen molar-refractivity contribution in [3.05, 3.63) is 52.1 Å². The summed E-state index contributed by atoms with van der Waals surface area (Å²) in [5, 5.41) is 16.8. The lowest BCUT2D eigenvalue weighted by Crippen LogP contribution is -2.18. The number of aromatic amines is 1. The Balaban J connectivity index is 2.19. The fourth-order valence-corrected chi connectivity index (χ4v) is 1.27. The number of nitrogens with zero attached hydrogens (tertiary/aromatic N) is 2. The second-order valence-electron chi connectivity index (χ2n) is 3.47. The third-order valence-corrected chi connectivity index (χ3v) is 2.12. The summed E-state index contributed by atoms with van der Waals surface area (Å²) in [4.78, 5) is 37.0. The van der Waals surface area contributed by atoms with E-state index >= 15 is 0 Å². The molecule has 0 unspecified atom stereocenters. The fraction of sp³-hybridized carbons (Fsp3) is 0. The average molecular weight is 260 g/mol. The highest BCUT2D eigenvalue weighted by atomic mass is 16.4. The number of pyridine rings is 1. The summed E-state index contributed by atoms with van der Waals surface area (Å²) in [5.41, 5.74) is -0.628. The third-order valence-electron chi connectivity index (χ3n) is 2.12. The molecule has 0 atom stereocenters. The zero-order valence-corrected chi connectivity index (χ0v) is 9.45. The van der Waals surface area contributed by atoms with Crippen LogP contribution in [-0.4, -0.2) is 32.2 Å². The number of hydrogen-bond donors (Lipinski definition) is 3. The van der Waals surface area contributed by atoms with E-state index in [9.17, 15) is 14.4 Å². The number of nitrogens with one attached hydrogen (secondary N) is 2. The second-order valence-corrected chi connectivity index (χ2v) is 3.47. The van der Waals surface area contributed by atoms with Crippen LogP contribution in [0.5, 0.6) is 0 Å². The van der Waals surface area contributed by atoms with Gasteiger partial charge in [-0.05, 0) is 18.2 Å². The number of H-pyrrole nitrogens is 1. The van der Waals surface area contributed by atoms with Crippen LogP contribution in [0.4, 0.5) is 5.82 Å². The van der Waals surface area contributed by atoms with E-state index in [0.29, 0.717) is 0 Å². The van der Waals surface area contributed by atoms with Crippen molar-refractivity contribution in [1.82, 2.24) is 15.2 Å². The van der Waals surface area contributed by atoms with E-state index < -0.39 is 17.4 Å². The number of carboxylic acid groups (broad SMARTS) is 1. The predicted molar refractivity (Wildman–Crippen MR) is 64.0 cm³/mol. The molecule has 2 aromatic heterocycles. The van der Waals surface area contributed by atoms with Crippen LogP contribution < -0.4 is 10.9 Å². The van der Waals surface area contributed by atoms with Gasteiger partial charge in [0.1, 0.15) is 11.5 Å². The third kappa shape index (κ3) is 3.00. The van der Waals surface area contributed by atoms with Gasteiger partial charge in [-0.3, -0.25) is 9.59 Å². The fourth-order valence-electron chi connectivity index (χ4n) is 1.27. The Morgan fingerprint density at radius 1 is 1.16 bits per heavy atom. The van der Waals surface area contributed by atoms with E-state index in [-0.39, 0.29) is 17.2 Å². The lowest BCUT2D eigenvalue weighted by molar-refractivity contribution is 0.0690. The van der Waals surface area contributed by atoms with Crippen LogP contribution in [0.1, 0.15) is 21.0 Å². The first-order chi connectivity index (χ1) is 9.06. The molecule has 0 bridgehead atoms. The molecule has 96 valence electrons. The number of carbonyl (C=O) groups is 2. The summed E-state index contributed by atoms with van der Waals surface area (Å²) >= 11 is 0. The Morgan fingerprint density at radius 2 is 1.95 bits per heavy atom. The lowest BCUT2D eigenvalue weighted by atomic mass is 10.3. The maximum atomic E-state index is 11.7. The Hall–Kier alpha value is -3.03. The second kappa shape index (κ2) is 5.08. The van der Waals surface area contributed by atoms with Gasteiger partial charge in [0, 0.05) is 6.07 Å². The number of aromatic nitrogens is 3. The first-order valence-electron chi connectivity index (χ1n) is 5.14. The van der Waals surface area contributed by atoms with E-state index in [1.54, 1.807) is 0 Å². The number of hydrogen-bond acceptors (Lipinski definition) is 5. The van der Waals surface area contributed by atoms with E-state index in [4.69, 9.17) is 5.11 Å². The highest BCUT2D eigenvalue weighted by Crippen LogP contribution is 2.06. The van der Waals surface area contributed by atoms with E-state index in [2.05, 4.69) is 20.5 Å². The summed E-state index contributed by atoms with van der Waals surface area (Å²) in [6, 6.07) is 6.59. The Bertz CT molecular complexity index is 675. The SMILES string of the molecule is O=C(O)c1cccc(NC(=O)c2ccc(=O)[nH]n2)n1. The molecule has 0 saturated heterocycles. The van der Waals surface area contributed by atoms with Crippen LogP contribution in [0.15, 0.2) is 35.1 Å². The molecule has 1 amide bonds. The Morgan fingerprint density at radius 3 is 2.58 bits per heavy atom. The van der Waals surface area contributed by atoms with Gasteiger partial charge < -0.3 is 10.4 Å². The molecule has 0 aliphatic rings. The maximum absolute atomic E-state index is 11.7. The molecule has 2 heterocycles. The van der Waals surface area contributed by atoms with Crippen molar-refractivity contribution in [3.63, 3.8) is 0 Å². The van der Waals surface area contributed by atoms with Crippen LogP contribution >= 0.6 is 0 Å². The van der Waals surface area contributed by atoms with Gasteiger partial charge in [-0.2, -0.15) is 5.10 Å². The molecule has 2 aromatic rings. The molecule has 0 aromatic carbocycles. The Kier molecular flexibility index (Phi) is 3.33. The number of aromatic carboxylic acids is 1. The average Bonchev–Trinajstić information content (AvgIpc) is 2.39. The molecule has 0 spiro atoms. The van der Waals surface area contributed by atoms with E-state index in [1.807, 2.05) is 0 Å². The van der Waals surface area contributed by atoms with Crippen molar-refractivity contribution >= 4 is 17.7 Å². The van der Waals surface area contributed by atoms with Crippen molar-refractivity contribution in [2.75, 3.05) is 5.32 Å². The number of rotatable bonds is 3. The first kappa shape index (κ1) is 12.4. The number of amides is 1. The lowest BCUT2D eigenvalue weighted by Gasteiger charge is -2.03. The van der Waals surface area contributed by atoms with E-state index in [1.165, 1.54) is 24.3 Å². The van der Waals surface area contributed by atoms with Crippen molar-refractivity contribution in [2.45, 2.75) is 0 Å². The van der Waals surface area contributed by atoms with Crippen molar-refractivity contribution in [3.8, 4) is 0 Å². The zero-order chi connectivity index (χ0) is 13.8. The summed E-state index contributed by atoms with van der Waals surface area (Å²) in [5.74, 6) is -1.72. The monoisotopic (exact) mass is 260 g/mol. The topological polar surface area (TPSA) is 125 Å². The normalized spacial score (nSPS) is 9.89. The van der Waals surface area contributed by atoms with Gasteiger partial charge in [-0.15, -0.1) is 0 Å². The molecule has 0 fully saturated rings. The summed E-state index contributed by atoms with van der Waals surface area (Å²) in [6.07, 6.45) is 0. The molecular weight excluding hydrogens is 252 g/mol. The molecule has 0 aliphatic heterocycles. The standard InChI is InChI=1S/C11H8N4O4/c16-9-5-4-6(14-15-9)10(17)13-8-3-1-2-7(12-8)11(18)19/h1-5H,(H,15,16)(H,18,19)(H,12,13,17). The van der Waals surface area contributed by atoms with Gasteiger partial charge >= 0.3 is 5.97 Å². The van der Waals surface area contributed by atoms with Crippen molar-refractivity contribution in [1.29, 1.82) is 0 Å². The molecule has 8 heteroatoms. The summed E-state index contributed by atoms with van der Waals surface area (Å²) < 4.78 is 0. The highest BCUT2D eigenvalue weighted by Gasteiger charge is 2.10. The molecule has 0 aliphatic carbocycles. The van der Waals surface area contributed by atoms with E-state index in [0.717, 1.165) is 6.07 Å². The van der Waals surface area contributed by atoms with Crippen molar-refractivity contribution < 1.29 is 14.7 Å². The molecule has 2 rings (SSSR count). The minimum absolute atomic E-state index is 0.0119. The minimum Gasteiger partial charge on any atom is -0.477 e. The smallest absolute Gasteiger partial charge is 0.354 e. The van der Waals surface area contributed by atoms with Crippen molar-refractivity contribution in [2.24, 2.45) is 0 Å². The van der Waals surface area contributed by atoms with Gasteiger partial charge in [0.15, 0.2) is 5.69 Å². The summed E-state index contributed by atoms with van der Waals surface area (Å²) in [6.45, 7) is 0. The summed E-state index contributed by atoms with van der Waals surface area (Å²) in [7, 11) is 0. The Labute approximate surface area is 106 Å². The van der Waals surface area contributed by atoms with Gasteiger partial charge in [-0.1, -0.05) is 6.07 Å². The molecule has 19 heavy (non-hydrogen) atoms. The quantitative estimate of drug-likeness (QED) is 0.719. The van der Waals surface area contributed by atoms with Crippen LogP contribution in [0.3, 0.4) is 0 Å². The minimum atomic E-state index is -1.20. The molecule has 0 radical (unpaired) electrons.